The number of rotatable bonds is 9. The van der Waals surface area contributed by atoms with Crippen molar-refractivity contribution in [3.05, 3.63) is 0 Å². The van der Waals surface area contributed by atoms with E-state index in [1.165, 1.54) is 0 Å². The molecular formula is C15H28O4. The van der Waals surface area contributed by atoms with E-state index in [0.29, 0.717) is 19.4 Å². The summed E-state index contributed by atoms with van der Waals surface area (Å²) >= 11 is 0. The van der Waals surface area contributed by atoms with Crippen molar-refractivity contribution < 1.29 is 19.1 Å². The molecule has 0 N–H and O–H groups in total. The zero-order valence-electron chi connectivity index (χ0n) is 13.0. The molecule has 0 rings (SSSR count). The van der Waals surface area contributed by atoms with Crippen LogP contribution in [0.25, 0.3) is 0 Å². The Balaban J connectivity index is 4.67. The van der Waals surface area contributed by atoms with Crippen molar-refractivity contribution in [3.8, 4) is 0 Å². The maximum atomic E-state index is 12.2. The van der Waals surface area contributed by atoms with Crippen LogP contribution in [0, 0.1) is 5.41 Å². The van der Waals surface area contributed by atoms with E-state index in [4.69, 9.17) is 9.47 Å². The zero-order valence-corrected chi connectivity index (χ0v) is 13.0. The summed E-state index contributed by atoms with van der Waals surface area (Å²) in [5, 5.41) is 0. The van der Waals surface area contributed by atoms with Crippen LogP contribution < -0.4 is 0 Å². The third kappa shape index (κ3) is 5.21. The number of carbonyl (C=O) groups is 2. The van der Waals surface area contributed by atoms with Gasteiger partial charge in [0.05, 0.1) is 12.7 Å². The Morgan fingerprint density at radius 1 is 1.00 bits per heavy atom. The van der Waals surface area contributed by atoms with Crippen LogP contribution in [0.3, 0.4) is 0 Å². The molecule has 19 heavy (non-hydrogen) atoms. The summed E-state index contributed by atoms with van der Waals surface area (Å²) in [4.78, 5) is 24.3. The third-order valence-corrected chi connectivity index (χ3v) is 3.31. The molecular weight excluding hydrogens is 244 g/mol. The van der Waals surface area contributed by atoms with Gasteiger partial charge in [-0.1, -0.05) is 33.6 Å². The van der Waals surface area contributed by atoms with E-state index in [-0.39, 0.29) is 6.10 Å². The van der Waals surface area contributed by atoms with Gasteiger partial charge >= 0.3 is 11.9 Å². The molecule has 0 aromatic carbocycles. The van der Waals surface area contributed by atoms with Crippen molar-refractivity contribution >= 4 is 11.9 Å². The van der Waals surface area contributed by atoms with Crippen molar-refractivity contribution in [2.45, 2.75) is 72.8 Å². The number of hydrogen-bond donors (Lipinski definition) is 0. The van der Waals surface area contributed by atoms with Crippen molar-refractivity contribution in [1.29, 1.82) is 0 Å². The zero-order chi connectivity index (χ0) is 14.9. The largest absolute Gasteiger partial charge is 0.465 e. The van der Waals surface area contributed by atoms with Gasteiger partial charge in [-0.25, -0.2) is 0 Å². The fourth-order valence-electron chi connectivity index (χ4n) is 1.89. The number of ether oxygens (including phenoxy) is 2. The van der Waals surface area contributed by atoms with E-state index in [9.17, 15) is 9.59 Å². The summed E-state index contributed by atoms with van der Waals surface area (Å²) in [6.45, 7) is 9.66. The molecule has 0 saturated heterocycles. The highest BCUT2D eigenvalue weighted by Crippen LogP contribution is 2.30. The lowest BCUT2D eigenvalue weighted by molar-refractivity contribution is -0.175. The van der Waals surface area contributed by atoms with Crippen LogP contribution in [-0.2, 0) is 19.1 Å². The van der Waals surface area contributed by atoms with Crippen molar-refractivity contribution in [1.82, 2.24) is 0 Å². The SMILES string of the molecule is CCCCCOC(=O)C(CC)(CC)C(=O)OC(C)C. The molecule has 0 aliphatic carbocycles. The van der Waals surface area contributed by atoms with Gasteiger partial charge in [0.25, 0.3) is 0 Å². The lowest BCUT2D eigenvalue weighted by Gasteiger charge is -2.27. The first kappa shape index (κ1) is 17.9. The smallest absolute Gasteiger partial charge is 0.323 e. The fourth-order valence-corrected chi connectivity index (χ4v) is 1.89. The minimum absolute atomic E-state index is 0.224. The first-order valence-corrected chi connectivity index (χ1v) is 7.32. The van der Waals surface area contributed by atoms with E-state index in [0.717, 1.165) is 19.3 Å². The summed E-state index contributed by atoms with van der Waals surface area (Å²) in [5.74, 6) is -0.910. The topological polar surface area (TPSA) is 52.6 Å². The molecule has 4 nitrogen and oxygen atoms in total. The van der Waals surface area contributed by atoms with Gasteiger partial charge in [-0.15, -0.1) is 0 Å². The van der Waals surface area contributed by atoms with Crippen molar-refractivity contribution in [3.63, 3.8) is 0 Å². The number of unbranched alkanes of at least 4 members (excludes halogenated alkanes) is 2. The minimum Gasteiger partial charge on any atom is -0.465 e. The van der Waals surface area contributed by atoms with E-state index < -0.39 is 17.4 Å². The molecule has 0 heterocycles. The second-order valence-electron chi connectivity index (χ2n) is 5.09. The Bertz CT molecular complexity index is 280. The third-order valence-electron chi connectivity index (χ3n) is 3.31. The molecule has 0 radical (unpaired) electrons. The molecule has 0 aliphatic heterocycles. The van der Waals surface area contributed by atoms with Gasteiger partial charge in [-0.3, -0.25) is 9.59 Å². The van der Waals surface area contributed by atoms with Crippen LogP contribution in [0.1, 0.15) is 66.7 Å². The number of carbonyl (C=O) groups excluding carboxylic acids is 2. The molecule has 0 atom stereocenters. The minimum atomic E-state index is -1.14. The van der Waals surface area contributed by atoms with Crippen molar-refractivity contribution in [2.24, 2.45) is 5.41 Å². The van der Waals surface area contributed by atoms with E-state index in [2.05, 4.69) is 6.92 Å². The molecule has 112 valence electrons. The summed E-state index contributed by atoms with van der Waals surface area (Å²) in [6.07, 6.45) is 3.51. The average Bonchev–Trinajstić information content (AvgIpc) is 2.36. The first-order chi connectivity index (χ1) is 8.94. The van der Waals surface area contributed by atoms with E-state index in [1.807, 2.05) is 13.8 Å². The fraction of sp³-hybridized carbons (Fsp3) is 0.867. The molecule has 0 aromatic heterocycles. The molecule has 0 spiro atoms. The molecule has 0 aliphatic rings. The Kier molecular flexibility index (Phi) is 8.44. The Morgan fingerprint density at radius 3 is 2.00 bits per heavy atom. The van der Waals surface area contributed by atoms with Crippen LogP contribution >= 0.6 is 0 Å². The molecule has 0 aromatic rings. The second-order valence-corrected chi connectivity index (χ2v) is 5.09. The average molecular weight is 272 g/mol. The van der Waals surface area contributed by atoms with Crippen LogP contribution in [0.2, 0.25) is 0 Å². The first-order valence-electron chi connectivity index (χ1n) is 7.32. The Hall–Kier alpha value is -1.06. The highest BCUT2D eigenvalue weighted by atomic mass is 16.6. The lowest BCUT2D eigenvalue weighted by atomic mass is 9.82. The quantitative estimate of drug-likeness (QED) is 0.366. The molecule has 0 amide bonds. The van der Waals surface area contributed by atoms with E-state index in [1.54, 1.807) is 13.8 Å². The van der Waals surface area contributed by atoms with Gasteiger partial charge in [0.15, 0.2) is 5.41 Å². The highest BCUT2D eigenvalue weighted by molar-refractivity contribution is 6.00. The Labute approximate surface area is 116 Å². The maximum absolute atomic E-state index is 12.2. The summed E-state index contributed by atoms with van der Waals surface area (Å²) in [6, 6.07) is 0. The molecule has 4 heteroatoms. The molecule has 0 saturated carbocycles. The summed E-state index contributed by atoms with van der Waals surface area (Å²) in [5.41, 5.74) is -1.14. The van der Waals surface area contributed by atoms with Gasteiger partial charge in [0, 0.05) is 0 Å². The van der Waals surface area contributed by atoms with Crippen LogP contribution in [-0.4, -0.2) is 24.6 Å². The summed E-state index contributed by atoms with van der Waals surface area (Å²) in [7, 11) is 0. The molecule has 0 fully saturated rings. The molecule has 0 unspecified atom stereocenters. The van der Waals surface area contributed by atoms with E-state index >= 15 is 0 Å². The van der Waals surface area contributed by atoms with Gasteiger partial charge in [0.2, 0.25) is 0 Å². The van der Waals surface area contributed by atoms with Crippen molar-refractivity contribution in [2.75, 3.05) is 6.61 Å². The van der Waals surface area contributed by atoms with Crippen LogP contribution in [0.4, 0.5) is 0 Å². The molecule has 0 bridgehead atoms. The monoisotopic (exact) mass is 272 g/mol. The van der Waals surface area contributed by atoms with Gasteiger partial charge in [-0.2, -0.15) is 0 Å². The summed E-state index contributed by atoms with van der Waals surface area (Å²) < 4.78 is 10.5. The predicted molar refractivity (Wildman–Crippen MR) is 74.7 cm³/mol. The second kappa shape index (κ2) is 8.94. The standard InChI is InChI=1S/C15H28O4/c1-6-9-10-11-18-13(16)15(7-2,8-3)14(17)19-12(4)5/h12H,6-11H2,1-5H3. The van der Waals surface area contributed by atoms with Gasteiger partial charge in [-0.05, 0) is 33.1 Å². The maximum Gasteiger partial charge on any atom is 0.323 e. The predicted octanol–water partition coefficient (Wildman–Crippen LogP) is 3.48. The number of esters is 2. The Morgan fingerprint density at radius 2 is 1.58 bits per heavy atom. The highest BCUT2D eigenvalue weighted by Gasteiger charge is 2.46. The van der Waals surface area contributed by atoms with Gasteiger partial charge in [0.1, 0.15) is 0 Å². The normalized spacial score (nSPS) is 11.5. The van der Waals surface area contributed by atoms with Gasteiger partial charge < -0.3 is 9.47 Å². The number of hydrogen-bond acceptors (Lipinski definition) is 4. The lowest BCUT2D eigenvalue weighted by Crippen LogP contribution is -2.42. The van der Waals surface area contributed by atoms with Crippen LogP contribution in [0.15, 0.2) is 0 Å². The van der Waals surface area contributed by atoms with Crippen LogP contribution in [0.5, 0.6) is 0 Å².